The Kier molecular flexibility index (Phi) is 12.9. The van der Waals surface area contributed by atoms with E-state index >= 15 is 0 Å². The van der Waals surface area contributed by atoms with Gasteiger partial charge in [-0.2, -0.15) is 0 Å². The Hall–Kier alpha value is -3.37. The number of pyridine rings is 1. The van der Waals surface area contributed by atoms with E-state index in [4.69, 9.17) is 14.6 Å². The summed E-state index contributed by atoms with van der Waals surface area (Å²) in [5, 5.41) is 11.6. The van der Waals surface area contributed by atoms with Gasteiger partial charge in [-0.1, -0.05) is 6.07 Å². The van der Waals surface area contributed by atoms with Gasteiger partial charge in [0.05, 0.1) is 0 Å². The standard InChI is InChI=1S/C18H27N3O3.C12H21NO4/c1-18(2,3)24-17(23)21-9-6-14(7-10-21)11-16(22)20-13-15-5-4-8-19-12-15;1-12(2,3)17-11(16)13-6-4-9(5-7-13)8-10(14)15/h4-5,8,12,14H,6-7,9-11,13H2,1-3H3,(H,20,22);9H,4-8H2,1-3H3,(H,14,15). The van der Waals surface area contributed by atoms with Crippen LogP contribution in [0.3, 0.4) is 0 Å². The van der Waals surface area contributed by atoms with Crippen LogP contribution in [0.5, 0.6) is 0 Å². The average molecular weight is 577 g/mol. The summed E-state index contributed by atoms with van der Waals surface area (Å²) in [6, 6.07) is 3.79. The van der Waals surface area contributed by atoms with Crippen LogP contribution in [0.1, 0.15) is 85.6 Å². The smallest absolute Gasteiger partial charge is 0.410 e. The fourth-order valence-corrected chi connectivity index (χ4v) is 4.58. The van der Waals surface area contributed by atoms with Gasteiger partial charge >= 0.3 is 18.2 Å². The lowest BCUT2D eigenvalue weighted by atomic mass is 9.93. The molecule has 0 spiro atoms. The molecule has 3 amide bonds. The second-order valence-corrected chi connectivity index (χ2v) is 12.8. The number of carboxylic acids is 1. The summed E-state index contributed by atoms with van der Waals surface area (Å²) in [6.07, 6.45) is 6.75. The Morgan fingerprint density at radius 2 is 1.32 bits per heavy atom. The van der Waals surface area contributed by atoms with E-state index in [-0.39, 0.29) is 30.4 Å². The zero-order chi connectivity index (χ0) is 30.6. The molecule has 11 nitrogen and oxygen atoms in total. The molecule has 41 heavy (non-hydrogen) atoms. The SMILES string of the molecule is CC(C)(C)OC(=O)N1CCC(CC(=O)NCc2cccnc2)CC1.CC(C)(C)OC(=O)N1CCC(CC(=O)O)CC1. The Morgan fingerprint density at radius 3 is 1.71 bits per heavy atom. The van der Waals surface area contributed by atoms with Crippen LogP contribution in [-0.2, 0) is 25.6 Å². The van der Waals surface area contributed by atoms with E-state index in [2.05, 4.69) is 10.3 Å². The highest BCUT2D eigenvalue weighted by atomic mass is 16.6. The molecule has 0 saturated carbocycles. The molecule has 0 bridgehead atoms. The Labute approximate surface area is 244 Å². The van der Waals surface area contributed by atoms with Gasteiger partial charge in [0.25, 0.3) is 0 Å². The van der Waals surface area contributed by atoms with E-state index in [0.29, 0.717) is 45.1 Å². The van der Waals surface area contributed by atoms with Gasteiger partial charge in [-0.15, -0.1) is 0 Å². The third-order valence-electron chi connectivity index (χ3n) is 6.68. The second-order valence-electron chi connectivity index (χ2n) is 12.8. The van der Waals surface area contributed by atoms with Gasteiger partial charge in [0.1, 0.15) is 11.2 Å². The maximum Gasteiger partial charge on any atom is 0.410 e. The van der Waals surface area contributed by atoms with E-state index in [1.807, 2.05) is 53.7 Å². The quantitative estimate of drug-likeness (QED) is 0.490. The number of likely N-dealkylation sites (tertiary alicyclic amines) is 2. The van der Waals surface area contributed by atoms with Crippen molar-refractivity contribution < 1.29 is 33.8 Å². The predicted octanol–water partition coefficient (Wildman–Crippen LogP) is 4.84. The molecule has 2 saturated heterocycles. The van der Waals surface area contributed by atoms with Crippen LogP contribution in [0.4, 0.5) is 9.59 Å². The summed E-state index contributed by atoms with van der Waals surface area (Å²) in [5.74, 6) is -0.209. The monoisotopic (exact) mass is 576 g/mol. The number of amides is 3. The van der Waals surface area contributed by atoms with Crippen LogP contribution < -0.4 is 5.32 Å². The van der Waals surface area contributed by atoms with Crippen molar-refractivity contribution in [1.82, 2.24) is 20.1 Å². The van der Waals surface area contributed by atoms with Gasteiger partial charge in [-0.3, -0.25) is 14.6 Å². The normalized spacial score (nSPS) is 16.7. The highest BCUT2D eigenvalue weighted by Gasteiger charge is 2.29. The summed E-state index contributed by atoms with van der Waals surface area (Å²) < 4.78 is 10.6. The number of ether oxygens (including phenoxy) is 2. The number of carbonyl (C=O) groups is 4. The summed E-state index contributed by atoms with van der Waals surface area (Å²) in [6.45, 7) is 14.1. The highest BCUT2D eigenvalue weighted by molar-refractivity contribution is 5.76. The predicted molar refractivity (Wildman–Crippen MR) is 154 cm³/mol. The molecule has 3 heterocycles. The lowest BCUT2D eigenvalue weighted by molar-refractivity contribution is -0.138. The van der Waals surface area contributed by atoms with Gasteiger partial charge in [-0.25, -0.2) is 9.59 Å². The number of rotatable bonds is 6. The molecule has 3 rings (SSSR count). The third kappa shape index (κ3) is 14.2. The first kappa shape index (κ1) is 33.8. The number of carbonyl (C=O) groups excluding carboxylic acids is 3. The molecule has 2 aliphatic heterocycles. The number of aromatic nitrogens is 1. The summed E-state index contributed by atoms with van der Waals surface area (Å²) >= 11 is 0. The van der Waals surface area contributed by atoms with Crippen molar-refractivity contribution in [3.8, 4) is 0 Å². The van der Waals surface area contributed by atoms with E-state index < -0.39 is 17.2 Å². The van der Waals surface area contributed by atoms with Crippen molar-refractivity contribution in [3.63, 3.8) is 0 Å². The van der Waals surface area contributed by atoms with E-state index in [1.165, 1.54) is 0 Å². The van der Waals surface area contributed by atoms with Gasteiger partial charge in [0, 0.05) is 58.0 Å². The van der Waals surface area contributed by atoms with Crippen molar-refractivity contribution in [2.24, 2.45) is 11.8 Å². The lowest BCUT2D eigenvalue weighted by Gasteiger charge is -2.33. The molecule has 2 N–H and O–H groups in total. The number of hydrogen-bond acceptors (Lipinski definition) is 7. The zero-order valence-electron chi connectivity index (χ0n) is 25.5. The molecule has 0 aliphatic carbocycles. The van der Waals surface area contributed by atoms with Gasteiger partial charge < -0.3 is 29.7 Å². The van der Waals surface area contributed by atoms with Crippen molar-refractivity contribution >= 4 is 24.1 Å². The van der Waals surface area contributed by atoms with E-state index in [0.717, 1.165) is 31.2 Å². The Balaban J connectivity index is 0.000000305. The summed E-state index contributed by atoms with van der Waals surface area (Å²) in [4.78, 5) is 53.8. The molecule has 1 aromatic rings. The van der Waals surface area contributed by atoms with Crippen LogP contribution in [0, 0.1) is 11.8 Å². The molecule has 230 valence electrons. The molecule has 2 fully saturated rings. The number of nitrogens with one attached hydrogen (secondary N) is 1. The largest absolute Gasteiger partial charge is 0.481 e. The zero-order valence-corrected chi connectivity index (χ0v) is 25.5. The number of piperidine rings is 2. The molecule has 2 aliphatic rings. The van der Waals surface area contributed by atoms with Crippen molar-refractivity contribution in [3.05, 3.63) is 30.1 Å². The molecule has 0 atom stereocenters. The molecule has 0 radical (unpaired) electrons. The third-order valence-corrected chi connectivity index (χ3v) is 6.68. The maximum atomic E-state index is 12.1. The number of nitrogens with zero attached hydrogens (tertiary/aromatic N) is 3. The maximum absolute atomic E-state index is 12.1. The van der Waals surface area contributed by atoms with E-state index in [9.17, 15) is 19.2 Å². The molecular weight excluding hydrogens is 528 g/mol. The number of aliphatic carboxylic acids is 1. The minimum Gasteiger partial charge on any atom is -0.481 e. The first-order valence-corrected chi connectivity index (χ1v) is 14.4. The van der Waals surface area contributed by atoms with Gasteiger partial charge in [-0.05, 0) is 90.7 Å². The minimum atomic E-state index is -0.763. The molecule has 1 aromatic heterocycles. The van der Waals surface area contributed by atoms with Crippen LogP contribution in [0.25, 0.3) is 0 Å². The molecule has 11 heteroatoms. The summed E-state index contributed by atoms with van der Waals surface area (Å²) in [7, 11) is 0. The fraction of sp³-hybridized carbons (Fsp3) is 0.700. The summed E-state index contributed by atoms with van der Waals surface area (Å²) in [5.41, 5.74) is 0.0420. The number of carboxylic acid groups (broad SMARTS) is 1. The average Bonchev–Trinajstić information content (AvgIpc) is 2.87. The topological polar surface area (TPSA) is 138 Å². The van der Waals surface area contributed by atoms with Crippen molar-refractivity contribution in [2.75, 3.05) is 26.2 Å². The Bertz CT molecular complexity index is 988. The van der Waals surface area contributed by atoms with Crippen LogP contribution >= 0.6 is 0 Å². The lowest BCUT2D eigenvalue weighted by Crippen LogP contribution is -2.42. The van der Waals surface area contributed by atoms with Crippen molar-refractivity contribution in [1.29, 1.82) is 0 Å². The Morgan fingerprint density at radius 1 is 0.854 bits per heavy atom. The molecular formula is C30H48N4O7. The highest BCUT2D eigenvalue weighted by Crippen LogP contribution is 2.23. The first-order valence-electron chi connectivity index (χ1n) is 14.4. The second kappa shape index (κ2) is 15.6. The van der Waals surface area contributed by atoms with Crippen LogP contribution in [-0.4, -0.2) is 81.3 Å². The van der Waals surface area contributed by atoms with Gasteiger partial charge in [0.15, 0.2) is 0 Å². The fourth-order valence-electron chi connectivity index (χ4n) is 4.58. The van der Waals surface area contributed by atoms with E-state index in [1.54, 1.807) is 22.2 Å². The van der Waals surface area contributed by atoms with Crippen LogP contribution in [0.15, 0.2) is 24.5 Å². The molecule has 0 unspecified atom stereocenters. The van der Waals surface area contributed by atoms with Crippen molar-refractivity contribution in [2.45, 2.75) is 97.8 Å². The van der Waals surface area contributed by atoms with Gasteiger partial charge in [0.2, 0.25) is 5.91 Å². The minimum absolute atomic E-state index is 0.0505. The first-order chi connectivity index (χ1) is 19.1. The number of hydrogen-bond donors (Lipinski definition) is 2. The van der Waals surface area contributed by atoms with Crippen LogP contribution in [0.2, 0.25) is 0 Å². The molecule has 0 aromatic carbocycles.